The van der Waals surface area contributed by atoms with Gasteiger partial charge >= 0.3 is 7.82 Å². The summed E-state index contributed by atoms with van der Waals surface area (Å²) in [7, 11) is -4.37. The Labute approximate surface area is 185 Å². The predicted molar refractivity (Wildman–Crippen MR) is 124 cm³/mol. The summed E-state index contributed by atoms with van der Waals surface area (Å²) >= 11 is 0. The van der Waals surface area contributed by atoms with Gasteiger partial charge in [-0.25, -0.2) is 4.57 Å². The molecule has 0 rings (SSSR count). The summed E-state index contributed by atoms with van der Waals surface area (Å²) in [6, 6.07) is 0. The Morgan fingerprint density at radius 1 is 0.500 bits per heavy atom. The van der Waals surface area contributed by atoms with E-state index in [1.807, 2.05) is 0 Å². The third-order valence-corrected chi connectivity index (χ3v) is 5.77. The molecule has 0 aromatic carbocycles. The van der Waals surface area contributed by atoms with E-state index < -0.39 is 7.82 Å². The van der Waals surface area contributed by atoms with Crippen LogP contribution < -0.4 is 0 Å². The molecular formula is C23H49O6P. The van der Waals surface area contributed by atoms with E-state index in [1.165, 1.54) is 103 Å². The van der Waals surface area contributed by atoms with Gasteiger partial charge in [-0.15, -0.1) is 0 Å². The van der Waals surface area contributed by atoms with E-state index in [1.54, 1.807) is 0 Å². The minimum atomic E-state index is -4.37. The van der Waals surface area contributed by atoms with E-state index in [-0.39, 0.29) is 13.2 Å². The summed E-state index contributed by atoms with van der Waals surface area (Å²) in [4.78, 5) is 17.0. The van der Waals surface area contributed by atoms with Crippen molar-refractivity contribution >= 4 is 7.82 Å². The lowest BCUT2D eigenvalue weighted by atomic mass is 10.0. The Hall–Kier alpha value is 0.0300. The second kappa shape index (κ2) is 23.7. The Balaban J connectivity index is 3.03. The first-order chi connectivity index (χ1) is 14.6. The maximum absolute atomic E-state index is 10.4. The molecule has 0 saturated carbocycles. The Kier molecular flexibility index (Phi) is 23.7. The molecule has 6 nitrogen and oxygen atoms in total. The summed E-state index contributed by atoms with van der Waals surface area (Å²) in [6.07, 6.45) is 23.3. The molecule has 0 aliphatic heterocycles. The summed E-state index contributed by atoms with van der Waals surface area (Å²) in [5.74, 6) is 0. The zero-order valence-corrected chi connectivity index (χ0v) is 20.4. The molecule has 0 unspecified atom stereocenters. The molecule has 0 amide bonds. The average Bonchev–Trinajstić information content (AvgIpc) is 2.70. The maximum Gasteiger partial charge on any atom is 0.469 e. The molecule has 2 N–H and O–H groups in total. The molecule has 0 radical (unpaired) electrons. The van der Waals surface area contributed by atoms with Gasteiger partial charge in [-0.1, -0.05) is 110 Å². The summed E-state index contributed by atoms with van der Waals surface area (Å²) in [6.45, 7) is 4.01. The molecule has 0 bridgehead atoms. The number of phosphoric ester groups is 1. The van der Waals surface area contributed by atoms with Crippen LogP contribution in [-0.2, 0) is 18.6 Å². The highest BCUT2D eigenvalue weighted by atomic mass is 31.2. The van der Waals surface area contributed by atoms with Crippen LogP contribution in [0.4, 0.5) is 0 Å². The Morgan fingerprint density at radius 3 is 1.23 bits per heavy atom. The molecule has 30 heavy (non-hydrogen) atoms. The van der Waals surface area contributed by atoms with Crippen LogP contribution in [0.3, 0.4) is 0 Å². The SMILES string of the molecule is CCCCCCCCCCCCCCCCCCCOCCOCCOP(=O)(O)O. The van der Waals surface area contributed by atoms with Gasteiger partial charge in [-0.2, -0.15) is 0 Å². The van der Waals surface area contributed by atoms with Gasteiger partial charge in [0, 0.05) is 6.61 Å². The molecule has 0 spiro atoms. The molecule has 0 saturated heterocycles. The summed E-state index contributed by atoms with van der Waals surface area (Å²) in [5.41, 5.74) is 0. The minimum absolute atomic E-state index is 0.108. The third kappa shape index (κ3) is 28.0. The zero-order valence-electron chi connectivity index (χ0n) is 19.5. The van der Waals surface area contributed by atoms with Crippen molar-refractivity contribution in [3.8, 4) is 0 Å². The predicted octanol–water partition coefficient (Wildman–Crippen LogP) is 6.78. The largest absolute Gasteiger partial charge is 0.469 e. The fourth-order valence-electron chi connectivity index (χ4n) is 3.47. The van der Waals surface area contributed by atoms with Crippen molar-refractivity contribution < 1.29 is 28.3 Å². The maximum atomic E-state index is 10.4. The van der Waals surface area contributed by atoms with Crippen LogP contribution in [0.15, 0.2) is 0 Å². The smallest absolute Gasteiger partial charge is 0.379 e. The molecule has 182 valence electrons. The van der Waals surface area contributed by atoms with Crippen molar-refractivity contribution in [3.63, 3.8) is 0 Å². The normalized spacial score (nSPS) is 12.0. The topological polar surface area (TPSA) is 85.2 Å². The van der Waals surface area contributed by atoms with Crippen molar-refractivity contribution in [3.05, 3.63) is 0 Å². The number of unbranched alkanes of at least 4 members (excludes halogenated alkanes) is 16. The van der Waals surface area contributed by atoms with Gasteiger partial charge < -0.3 is 19.3 Å². The van der Waals surface area contributed by atoms with Crippen molar-refractivity contribution in [2.45, 2.75) is 116 Å². The highest BCUT2D eigenvalue weighted by Crippen LogP contribution is 2.35. The Bertz CT molecular complexity index is 375. The number of hydrogen-bond donors (Lipinski definition) is 2. The van der Waals surface area contributed by atoms with Gasteiger partial charge in [0.05, 0.1) is 26.4 Å². The molecule has 0 aliphatic carbocycles. The molecule has 0 aromatic heterocycles. The molecule has 7 heteroatoms. The number of hydrogen-bond acceptors (Lipinski definition) is 4. The van der Waals surface area contributed by atoms with E-state index in [2.05, 4.69) is 11.4 Å². The van der Waals surface area contributed by atoms with Gasteiger partial charge in [0.15, 0.2) is 0 Å². The highest BCUT2D eigenvalue weighted by molar-refractivity contribution is 7.46. The molecule has 0 heterocycles. The van der Waals surface area contributed by atoms with Crippen LogP contribution in [0.5, 0.6) is 0 Å². The molecule has 0 fully saturated rings. The van der Waals surface area contributed by atoms with Crippen molar-refractivity contribution in [2.24, 2.45) is 0 Å². The van der Waals surface area contributed by atoms with Crippen LogP contribution in [0.25, 0.3) is 0 Å². The lowest BCUT2D eigenvalue weighted by molar-refractivity contribution is 0.0312. The molecule has 0 atom stereocenters. The number of rotatable bonds is 25. The molecule has 0 aromatic rings. The van der Waals surface area contributed by atoms with Crippen molar-refractivity contribution in [1.29, 1.82) is 0 Å². The summed E-state index contributed by atoms with van der Waals surface area (Å²) in [5, 5.41) is 0. The quantitative estimate of drug-likeness (QED) is 0.117. The van der Waals surface area contributed by atoms with E-state index in [0.717, 1.165) is 13.0 Å². The van der Waals surface area contributed by atoms with Crippen LogP contribution in [-0.4, -0.2) is 42.8 Å². The van der Waals surface area contributed by atoms with Gasteiger partial charge in [-0.05, 0) is 6.42 Å². The van der Waals surface area contributed by atoms with Gasteiger partial charge in [0.2, 0.25) is 0 Å². The van der Waals surface area contributed by atoms with Crippen LogP contribution in [0.2, 0.25) is 0 Å². The third-order valence-electron chi connectivity index (χ3n) is 5.25. The van der Waals surface area contributed by atoms with Crippen LogP contribution >= 0.6 is 7.82 Å². The first-order valence-electron chi connectivity index (χ1n) is 12.4. The second-order valence-electron chi connectivity index (χ2n) is 8.21. The van der Waals surface area contributed by atoms with E-state index >= 15 is 0 Å². The zero-order chi connectivity index (χ0) is 22.2. The van der Waals surface area contributed by atoms with Gasteiger partial charge in [0.25, 0.3) is 0 Å². The van der Waals surface area contributed by atoms with E-state index in [9.17, 15) is 4.57 Å². The highest BCUT2D eigenvalue weighted by Gasteiger charge is 2.12. The van der Waals surface area contributed by atoms with Crippen molar-refractivity contribution in [2.75, 3.05) is 33.0 Å². The van der Waals surface area contributed by atoms with E-state index in [0.29, 0.717) is 13.2 Å². The number of ether oxygens (including phenoxy) is 2. The first-order valence-corrected chi connectivity index (χ1v) is 13.9. The average molecular weight is 453 g/mol. The van der Waals surface area contributed by atoms with Gasteiger partial charge in [0.1, 0.15) is 0 Å². The number of phosphoric acid groups is 1. The van der Waals surface area contributed by atoms with E-state index in [4.69, 9.17) is 19.3 Å². The molecular weight excluding hydrogens is 403 g/mol. The van der Waals surface area contributed by atoms with Crippen LogP contribution in [0.1, 0.15) is 116 Å². The first kappa shape index (κ1) is 30.0. The second-order valence-corrected chi connectivity index (χ2v) is 9.44. The monoisotopic (exact) mass is 452 g/mol. The minimum Gasteiger partial charge on any atom is -0.379 e. The standard InChI is InChI=1S/C23H49O6P/c1-2-3-4-5-6-7-8-9-10-11-12-13-14-15-16-17-18-19-27-20-21-28-22-23-29-30(24,25)26/h2-23H2,1H3,(H2,24,25,26). The summed E-state index contributed by atoms with van der Waals surface area (Å²) < 4.78 is 25.4. The van der Waals surface area contributed by atoms with Crippen LogP contribution in [0, 0.1) is 0 Å². The Morgan fingerprint density at radius 2 is 0.833 bits per heavy atom. The fraction of sp³-hybridized carbons (Fsp3) is 1.00. The van der Waals surface area contributed by atoms with Gasteiger partial charge in [-0.3, -0.25) is 4.52 Å². The fourth-order valence-corrected chi connectivity index (χ4v) is 3.78. The lowest BCUT2D eigenvalue weighted by Crippen LogP contribution is -2.09. The lowest BCUT2D eigenvalue weighted by Gasteiger charge is -2.07. The molecule has 0 aliphatic rings. The van der Waals surface area contributed by atoms with Crippen molar-refractivity contribution in [1.82, 2.24) is 0 Å².